The molecule has 0 aliphatic heterocycles. The van der Waals surface area contributed by atoms with Gasteiger partial charge >= 0.3 is 0 Å². The monoisotopic (exact) mass is 220 g/mol. The minimum absolute atomic E-state index is 0.458. The van der Waals surface area contributed by atoms with Crippen molar-refractivity contribution in [3.8, 4) is 0 Å². The molecule has 15 heavy (non-hydrogen) atoms. The average molecular weight is 221 g/mol. The normalized spacial score (nSPS) is 10.6. The van der Waals surface area contributed by atoms with E-state index in [-0.39, 0.29) is 0 Å². The topological polar surface area (TPSA) is 42.9 Å². The summed E-state index contributed by atoms with van der Waals surface area (Å²) in [6.07, 6.45) is 1.63. The van der Waals surface area contributed by atoms with E-state index in [1.807, 2.05) is 19.9 Å². The number of carbonyl (C=O) groups is 1. The van der Waals surface area contributed by atoms with Crippen molar-refractivity contribution in [3.05, 3.63) is 35.2 Å². The van der Waals surface area contributed by atoms with Crippen LogP contribution in [0.15, 0.2) is 18.3 Å². The molecule has 0 spiro atoms. The lowest BCUT2D eigenvalue weighted by Gasteiger charge is -2.07. The van der Waals surface area contributed by atoms with Crippen LogP contribution in [0.25, 0.3) is 11.0 Å². The molecule has 0 atom stereocenters. The van der Waals surface area contributed by atoms with E-state index in [0.29, 0.717) is 16.6 Å². The van der Waals surface area contributed by atoms with Gasteiger partial charge in [0.2, 0.25) is 0 Å². The van der Waals surface area contributed by atoms with Gasteiger partial charge in [0, 0.05) is 11.9 Å². The van der Waals surface area contributed by atoms with Gasteiger partial charge in [0.05, 0.1) is 11.1 Å². The van der Waals surface area contributed by atoms with Crippen LogP contribution >= 0.6 is 11.6 Å². The van der Waals surface area contributed by atoms with E-state index in [0.717, 1.165) is 11.3 Å². The summed E-state index contributed by atoms with van der Waals surface area (Å²) in [5.41, 5.74) is 3.32. The predicted molar refractivity (Wildman–Crippen MR) is 59.2 cm³/mol. The Labute approximate surface area is 92.1 Å². The first kappa shape index (κ1) is 10.1. The molecule has 0 fully saturated rings. The lowest BCUT2D eigenvalue weighted by atomic mass is 10.1. The first-order chi connectivity index (χ1) is 7.11. The fourth-order valence-corrected chi connectivity index (χ4v) is 1.77. The van der Waals surface area contributed by atoms with Crippen LogP contribution < -0.4 is 0 Å². The number of hydrogen-bond donors (Lipinski definition) is 0. The number of nitrogens with zero attached hydrogens (tertiary/aromatic N) is 2. The van der Waals surface area contributed by atoms with Gasteiger partial charge in [-0.15, -0.1) is 0 Å². The fraction of sp³-hybridized carbons (Fsp3) is 0.182. The van der Waals surface area contributed by atoms with Gasteiger partial charge in [0.15, 0.2) is 0 Å². The standard InChI is InChI=1S/C11H9ClN2O/c1-6-7(2)14-8-4-3-5-13-10(8)9(6)11(12)15/h3-5H,1-2H3. The van der Waals surface area contributed by atoms with Crippen molar-refractivity contribution in [1.82, 2.24) is 9.97 Å². The summed E-state index contributed by atoms with van der Waals surface area (Å²) in [7, 11) is 0. The molecule has 4 heteroatoms. The van der Waals surface area contributed by atoms with E-state index in [1.54, 1.807) is 12.3 Å². The number of halogens is 1. The number of carbonyl (C=O) groups excluding carboxylic acids is 1. The Morgan fingerprint density at radius 2 is 2.13 bits per heavy atom. The molecule has 0 aliphatic carbocycles. The third-order valence-electron chi connectivity index (χ3n) is 2.43. The van der Waals surface area contributed by atoms with E-state index in [2.05, 4.69) is 9.97 Å². The maximum absolute atomic E-state index is 11.3. The van der Waals surface area contributed by atoms with E-state index in [1.165, 1.54) is 0 Å². The van der Waals surface area contributed by atoms with Crippen LogP contribution in [0.3, 0.4) is 0 Å². The third kappa shape index (κ3) is 1.59. The van der Waals surface area contributed by atoms with Crippen molar-refractivity contribution in [1.29, 1.82) is 0 Å². The number of aromatic nitrogens is 2. The lowest BCUT2D eigenvalue weighted by molar-refractivity contribution is 0.108. The van der Waals surface area contributed by atoms with Gasteiger partial charge in [-0.05, 0) is 43.1 Å². The summed E-state index contributed by atoms with van der Waals surface area (Å²) in [5.74, 6) is 0. The van der Waals surface area contributed by atoms with Crippen LogP contribution in [0.5, 0.6) is 0 Å². The molecule has 0 aliphatic rings. The molecule has 0 bridgehead atoms. The second kappa shape index (κ2) is 3.59. The Balaban J connectivity index is 2.95. The second-order valence-electron chi connectivity index (χ2n) is 3.34. The van der Waals surface area contributed by atoms with E-state index >= 15 is 0 Å². The molecular formula is C11H9ClN2O. The SMILES string of the molecule is Cc1nc2cccnc2c(C(=O)Cl)c1C. The molecule has 2 aromatic heterocycles. The Morgan fingerprint density at radius 1 is 1.40 bits per heavy atom. The van der Waals surface area contributed by atoms with E-state index in [9.17, 15) is 4.79 Å². The summed E-state index contributed by atoms with van der Waals surface area (Å²) in [4.78, 5) is 19.8. The number of fused-ring (bicyclic) bond motifs is 1. The van der Waals surface area contributed by atoms with Crippen LogP contribution in [0, 0.1) is 13.8 Å². The second-order valence-corrected chi connectivity index (χ2v) is 3.69. The largest absolute Gasteiger partial charge is 0.276 e. The van der Waals surface area contributed by atoms with Crippen molar-refractivity contribution >= 4 is 27.9 Å². The Bertz CT molecular complexity index is 552. The number of hydrogen-bond acceptors (Lipinski definition) is 3. The summed E-state index contributed by atoms with van der Waals surface area (Å²) in [5, 5.41) is -0.485. The smallest absolute Gasteiger partial charge is 0.254 e. The summed E-state index contributed by atoms with van der Waals surface area (Å²) < 4.78 is 0. The molecule has 0 saturated heterocycles. The molecule has 76 valence electrons. The maximum Gasteiger partial charge on any atom is 0.254 e. The zero-order valence-corrected chi connectivity index (χ0v) is 9.17. The van der Waals surface area contributed by atoms with Crippen LogP contribution in [-0.4, -0.2) is 15.2 Å². The Kier molecular flexibility index (Phi) is 2.40. The molecule has 0 saturated carbocycles. The molecule has 0 aromatic carbocycles. The minimum Gasteiger partial charge on any atom is -0.276 e. The predicted octanol–water partition coefficient (Wildman–Crippen LogP) is 2.63. The van der Waals surface area contributed by atoms with Crippen LogP contribution in [0.2, 0.25) is 0 Å². The molecule has 0 N–H and O–H groups in total. The van der Waals surface area contributed by atoms with Gasteiger partial charge in [-0.3, -0.25) is 14.8 Å². The first-order valence-corrected chi connectivity index (χ1v) is 4.91. The molecular weight excluding hydrogens is 212 g/mol. The van der Waals surface area contributed by atoms with Gasteiger partial charge < -0.3 is 0 Å². The maximum atomic E-state index is 11.3. The highest BCUT2D eigenvalue weighted by atomic mass is 35.5. The molecule has 0 radical (unpaired) electrons. The quantitative estimate of drug-likeness (QED) is 0.694. The molecule has 2 aromatic rings. The zero-order chi connectivity index (χ0) is 11.0. The first-order valence-electron chi connectivity index (χ1n) is 4.53. The van der Waals surface area contributed by atoms with Gasteiger partial charge in [0.25, 0.3) is 5.24 Å². The number of aryl methyl sites for hydroxylation is 1. The highest BCUT2D eigenvalue weighted by molar-refractivity contribution is 6.68. The van der Waals surface area contributed by atoms with Crippen molar-refractivity contribution in [2.45, 2.75) is 13.8 Å². The van der Waals surface area contributed by atoms with Crippen molar-refractivity contribution in [2.24, 2.45) is 0 Å². The molecule has 3 nitrogen and oxygen atoms in total. The Morgan fingerprint density at radius 3 is 2.80 bits per heavy atom. The van der Waals surface area contributed by atoms with Crippen molar-refractivity contribution in [2.75, 3.05) is 0 Å². The van der Waals surface area contributed by atoms with E-state index in [4.69, 9.17) is 11.6 Å². The number of pyridine rings is 2. The average Bonchev–Trinajstić information content (AvgIpc) is 2.19. The summed E-state index contributed by atoms with van der Waals surface area (Å²) in [6, 6.07) is 3.60. The van der Waals surface area contributed by atoms with Crippen LogP contribution in [0.4, 0.5) is 0 Å². The number of rotatable bonds is 1. The summed E-state index contributed by atoms with van der Waals surface area (Å²) in [6.45, 7) is 3.68. The van der Waals surface area contributed by atoms with Crippen molar-refractivity contribution < 1.29 is 4.79 Å². The zero-order valence-electron chi connectivity index (χ0n) is 8.41. The molecule has 0 amide bonds. The van der Waals surface area contributed by atoms with Crippen LogP contribution in [-0.2, 0) is 0 Å². The van der Waals surface area contributed by atoms with E-state index < -0.39 is 5.24 Å². The summed E-state index contributed by atoms with van der Waals surface area (Å²) >= 11 is 5.55. The van der Waals surface area contributed by atoms with Gasteiger partial charge in [-0.25, -0.2) is 0 Å². The third-order valence-corrected chi connectivity index (χ3v) is 2.61. The van der Waals surface area contributed by atoms with Gasteiger partial charge in [-0.2, -0.15) is 0 Å². The van der Waals surface area contributed by atoms with Crippen molar-refractivity contribution in [3.63, 3.8) is 0 Å². The highest BCUT2D eigenvalue weighted by Gasteiger charge is 2.14. The molecule has 2 rings (SSSR count). The molecule has 2 heterocycles. The van der Waals surface area contributed by atoms with Gasteiger partial charge in [-0.1, -0.05) is 0 Å². The fourth-order valence-electron chi connectivity index (χ4n) is 1.54. The Hall–Kier alpha value is -1.48. The minimum atomic E-state index is -0.485. The highest BCUT2D eigenvalue weighted by Crippen LogP contribution is 2.22. The lowest BCUT2D eigenvalue weighted by Crippen LogP contribution is -2.02. The molecule has 0 unspecified atom stereocenters. The van der Waals surface area contributed by atoms with Crippen LogP contribution in [0.1, 0.15) is 21.6 Å². The van der Waals surface area contributed by atoms with Gasteiger partial charge in [0.1, 0.15) is 5.52 Å².